The number of fused-ring (bicyclic) bond motifs is 3. The molecule has 122 heavy (non-hydrogen) atoms. The van der Waals surface area contributed by atoms with Crippen LogP contribution in [0.5, 0.6) is 0 Å². The maximum absolute atomic E-state index is 12.8. The molecule has 3 aliphatic heterocycles. The third-order valence-corrected chi connectivity index (χ3v) is 22.3. The van der Waals surface area contributed by atoms with E-state index in [-0.39, 0.29) is 47.8 Å². The van der Waals surface area contributed by atoms with E-state index in [0.717, 1.165) is 61.5 Å². The van der Waals surface area contributed by atoms with Gasteiger partial charge in [-0.25, -0.2) is 13.7 Å². The minimum atomic E-state index is 0.0914. The van der Waals surface area contributed by atoms with Gasteiger partial charge in [-0.3, -0.25) is 19.2 Å². The number of nitrogens with zero attached hydrogens (tertiary/aromatic N) is 15. The Morgan fingerprint density at radius 3 is 0.885 bits per heavy atom. The van der Waals surface area contributed by atoms with Gasteiger partial charge in [-0.2, -0.15) is 32.1 Å². The van der Waals surface area contributed by atoms with Crippen LogP contribution in [0.3, 0.4) is 0 Å². The van der Waals surface area contributed by atoms with Crippen molar-refractivity contribution < 1.29 is 74.4 Å². The van der Waals surface area contributed by atoms with E-state index in [0.29, 0.717) is 52.6 Å². The van der Waals surface area contributed by atoms with E-state index in [2.05, 4.69) is 234 Å². The molecule has 13 heterocycles. The number of aryl methyl sites for hydroxylation is 5. The molecule has 21 heteroatoms. The van der Waals surface area contributed by atoms with Gasteiger partial charge in [0.2, 0.25) is 45.0 Å². The SMILES string of the molecule is CC1COCC(C)N1C(=O)C[n+]1ccc(-c2cc[n+](CC(=O)N3C(C)COCC3C)cc2)cc1.CCN(CC)C(=O)C[n+]1ccc(-c2cc[n+](CC(=O)N(CC)CC)cc2)cc1.C[n+]1ccc(-c2cc[n+](C)cc2)cc1.C[n+]1ccc(-c2ccccc2)cc1.Cn1c(-c2ccccc2)cc(-c2ccccc2)[n+]1C.c1cc[n+]2c(c1)-c1cccc[n+]1CC2. The largest absolute Gasteiger partial charge is 0.377 e. The predicted molar refractivity (Wildman–Crippen MR) is 471 cm³/mol. The quantitative estimate of drug-likeness (QED) is 0.0783. The summed E-state index contributed by atoms with van der Waals surface area (Å²) < 4.78 is 33.7. The number of hydrogen-bond donors (Lipinski definition) is 0. The average Bonchev–Trinajstić information content (AvgIpc) is 1.48. The number of ether oxygens (including phenoxy) is 2. The lowest BCUT2D eigenvalue weighted by molar-refractivity contribution is -0.794. The predicted octanol–water partition coefficient (Wildman–Crippen LogP) is 10.2. The zero-order valence-electron chi connectivity index (χ0n) is 73.4. The molecule has 0 N–H and O–H groups in total. The van der Waals surface area contributed by atoms with Crippen LogP contribution in [0.15, 0.2) is 318 Å². The van der Waals surface area contributed by atoms with Crippen LogP contribution >= 0.6 is 0 Å². The summed E-state index contributed by atoms with van der Waals surface area (Å²) in [7, 11) is 10.3. The van der Waals surface area contributed by atoms with Gasteiger partial charge >= 0.3 is 0 Å². The van der Waals surface area contributed by atoms with Crippen molar-refractivity contribution in [2.75, 3.05) is 52.6 Å². The second-order valence-electron chi connectivity index (χ2n) is 31.1. The Hall–Kier alpha value is -13.0. The third kappa shape index (κ3) is 24.8. The Balaban J connectivity index is 0.000000148. The third-order valence-electron chi connectivity index (χ3n) is 22.3. The van der Waals surface area contributed by atoms with Crippen LogP contribution < -0.4 is 45.8 Å². The second kappa shape index (κ2) is 44.9. The lowest BCUT2D eigenvalue weighted by atomic mass is 10.1. The van der Waals surface area contributed by atoms with E-state index in [9.17, 15) is 19.2 Å². The first-order chi connectivity index (χ1) is 59.2. The Morgan fingerprint density at radius 1 is 0.320 bits per heavy atom. The fourth-order valence-corrected chi connectivity index (χ4v) is 15.3. The van der Waals surface area contributed by atoms with Crippen molar-refractivity contribution in [3.8, 4) is 78.4 Å². The van der Waals surface area contributed by atoms with Crippen LogP contribution in [0.4, 0.5) is 0 Å². The average molecular weight is 1640 g/mol. The number of likely N-dealkylation sites (N-methyl/N-ethyl adjacent to an activating group) is 2. The number of carbonyl (C=O) groups is 4. The second-order valence-corrected chi connectivity index (χ2v) is 31.1. The zero-order valence-corrected chi connectivity index (χ0v) is 73.4. The molecule has 2 fully saturated rings. The highest BCUT2D eigenvalue weighted by Gasteiger charge is 2.34. The fourth-order valence-electron chi connectivity index (χ4n) is 15.3. The Bertz CT molecular complexity index is 5130. The molecular weight excluding hydrogens is 1520 g/mol. The smallest absolute Gasteiger partial charge is 0.289 e. The number of rotatable bonds is 18. The first kappa shape index (κ1) is 89.8. The van der Waals surface area contributed by atoms with Crippen molar-refractivity contribution in [2.24, 2.45) is 35.2 Å². The van der Waals surface area contributed by atoms with Gasteiger partial charge in [0.15, 0.2) is 106 Å². The van der Waals surface area contributed by atoms with Gasteiger partial charge in [-0.15, -0.1) is 4.68 Å². The molecular formula is C101H123N15O6+10. The summed E-state index contributed by atoms with van der Waals surface area (Å²) in [5, 5.41) is 0. The molecule has 4 atom stereocenters. The zero-order chi connectivity index (χ0) is 86.4. The molecule has 21 nitrogen and oxygen atoms in total. The first-order valence-electron chi connectivity index (χ1n) is 42.6. The highest BCUT2D eigenvalue weighted by atomic mass is 16.5. The lowest BCUT2D eigenvalue weighted by Gasteiger charge is -2.38. The minimum absolute atomic E-state index is 0.0914. The standard InChI is InChI=1S/C26H36N4O4.C22H32N4O2.C17H17N2.C12H12N2.C12H14N2.C12H12N/c1-19-15-33-16-20(2)29(19)25(31)13-27-9-5-23(6-10-27)24-7-11-28(12-8-24)14-26(32)30-21(3)17-34-18-22(30)4;1-5-25(6-2)21(27)17-23-13-9-19(10-14-23)20-11-15-24(16-12-20)18-22(28)26(7-3)8-4;1-18-16(14-9-5-3-6-10-14)13-17(19(18)2)15-11-7-4-8-12-15;1-3-7-13-9-10-14-8-4-2-6-12(14)11(13)5-1;1-13-7-3-11(4-8-13)12-5-9-14(2)10-6-12;1-13-9-7-12(8-10-13)11-5-3-2-4-6-11/h5-12,19-22H,13-18H2,1-4H3;9-16H,5-8,17-18H2,1-4H3;3-13H,1-2H3;1-8H,9-10H2;3-10H,1-2H3;2-10H,1H3/q2*+2;+1;2*+2;+1. The Labute approximate surface area is 720 Å². The fraction of sp³-hybridized carbons (Fsp3) is 0.307. The van der Waals surface area contributed by atoms with Gasteiger partial charge in [-0.05, 0) is 124 Å². The van der Waals surface area contributed by atoms with E-state index in [4.69, 9.17) is 9.47 Å². The van der Waals surface area contributed by atoms with Crippen LogP contribution in [-0.4, -0.2) is 125 Å². The van der Waals surface area contributed by atoms with Crippen LogP contribution in [0.2, 0.25) is 0 Å². The number of hydrogen-bond acceptors (Lipinski definition) is 6. The molecule has 13 aromatic rings. The molecule has 628 valence electrons. The highest BCUT2D eigenvalue weighted by molar-refractivity contribution is 5.77. The molecule has 10 aromatic heterocycles. The van der Waals surface area contributed by atoms with E-state index in [1.165, 1.54) is 56.2 Å². The van der Waals surface area contributed by atoms with E-state index >= 15 is 0 Å². The lowest BCUT2D eigenvalue weighted by Crippen LogP contribution is -2.56. The molecule has 0 aliphatic carbocycles. The molecule has 0 saturated carbocycles. The molecule has 0 radical (unpaired) electrons. The normalized spacial score (nSPS) is 14.9. The van der Waals surface area contributed by atoms with Crippen LogP contribution in [-0.2, 0) is 103 Å². The molecule has 0 bridgehead atoms. The van der Waals surface area contributed by atoms with Crippen LogP contribution in [0, 0.1) is 0 Å². The summed E-state index contributed by atoms with van der Waals surface area (Å²) in [6.07, 6.45) is 32.1. The summed E-state index contributed by atoms with van der Waals surface area (Å²) in [6.45, 7) is 24.8. The van der Waals surface area contributed by atoms with Crippen molar-refractivity contribution in [3.63, 3.8) is 0 Å². The van der Waals surface area contributed by atoms with E-state index < -0.39 is 0 Å². The van der Waals surface area contributed by atoms with Crippen molar-refractivity contribution in [2.45, 2.75) is 119 Å². The number of amides is 4. The summed E-state index contributed by atoms with van der Waals surface area (Å²) in [6, 6.07) is 75.5. The van der Waals surface area contributed by atoms with E-state index in [1.807, 2.05) is 244 Å². The molecule has 16 rings (SSSR count). The minimum Gasteiger partial charge on any atom is -0.377 e. The molecule has 3 aliphatic rings. The van der Waals surface area contributed by atoms with Gasteiger partial charge in [-0.1, -0.05) is 78.9 Å². The summed E-state index contributed by atoms with van der Waals surface area (Å²) in [5.41, 5.74) is 16.8. The van der Waals surface area contributed by atoms with Gasteiger partial charge in [0.1, 0.15) is 26.8 Å². The first-order valence-corrected chi connectivity index (χ1v) is 42.6. The number of aromatic nitrogens is 11. The molecule has 2 saturated heterocycles. The maximum Gasteiger partial charge on any atom is 0.289 e. The van der Waals surface area contributed by atoms with Crippen molar-refractivity contribution in [1.82, 2.24) is 24.3 Å². The highest BCUT2D eigenvalue weighted by Crippen LogP contribution is 2.26. The molecule has 0 spiro atoms. The summed E-state index contributed by atoms with van der Waals surface area (Å²) in [5.74, 6) is 0.466. The number of benzene rings is 3. The monoisotopic (exact) mass is 1640 g/mol. The van der Waals surface area contributed by atoms with Crippen molar-refractivity contribution in [1.29, 1.82) is 0 Å². The topological polar surface area (TPSA) is 143 Å². The van der Waals surface area contributed by atoms with Crippen LogP contribution in [0.1, 0.15) is 55.4 Å². The van der Waals surface area contributed by atoms with E-state index in [1.54, 1.807) is 0 Å². The number of carbonyl (C=O) groups excluding carboxylic acids is 4. The Kier molecular flexibility index (Phi) is 33.0. The van der Waals surface area contributed by atoms with Crippen molar-refractivity contribution in [3.05, 3.63) is 318 Å². The molecule has 4 unspecified atom stereocenters. The van der Waals surface area contributed by atoms with Gasteiger partial charge in [0.05, 0.1) is 57.6 Å². The number of pyridine rings is 9. The molecule has 3 aromatic carbocycles. The maximum atomic E-state index is 12.8. The number of morpholine rings is 2. The van der Waals surface area contributed by atoms with Crippen molar-refractivity contribution >= 4 is 23.6 Å². The van der Waals surface area contributed by atoms with Gasteiger partial charge < -0.3 is 29.1 Å². The van der Waals surface area contributed by atoms with Gasteiger partial charge in [0, 0.05) is 153 Å². The summed E-state index contributed by atoms with van der Waals surface area (Å²) >= 11 is 0. The van der Waals surface area contributed by atoms with Gasteiger partial charge in [0.25, 0.3) is 35.0 Å². The molecule has 4 amide bonds. The Morgan fingerprint density at radius 2 is 0.582 bits per heavy atom. The van der Waals surface area contributed by atoms with Crippen LogP contribution in [0.25, 0.3) is 78.4 Å². The summed E-state index contributed by atoms with van der Waals surface area (Å²) in [4.78, 5) is 57.6.